The molecule has 0 aliphatic carbocycles. The SMILES string of the molecule is c1ccc(CN2CCC(c3cc(-c4ccccc4)n[nH]3)CC2)cc1. The van der Waals surface area contributed by atoms with Crippen LogP contribution in [0.15, 0.2) is 66.7 Å². The molecule has 0 unspecified atom stereocenters. The molecule has 24 heavy (non-hydrogen) atoms. The zero-order valence-corrected chi connectivity index (χ0v) is 13.9. The van der Waals surface area contributed by atoms with Gasteiger partial charge < -0.3 is 0 Å². The molecule has 0 radical (unpaired) electrons. The molecule has 2 aromatic carbocycles. The molecule has 1 saturated heterocycles. The molecular weight excluding hydrogens is 294 g/mol. The summed E-state index contributed by atoms with van der Waals surface area (Å²) in [4.78, 5) is 2.56. The summed E-state index contributed by atoms with van der Waals surface area (Å²) in [7, 11) is 0. The molecule has 0 saturated carbocycles. The first-order valence-corrected chi connectivity index (χ1v) is 8.75. The van der Waals surface area contributed by atoms with Crippen LogP contribution in [0.25, 0.3) is 11.3 Å². The number of nitrogens with zero attached hydrogens (tertiary/aromatic N) is 2. The molecule has 0 spiro atoms. The van der Waals surface area contributed by atoms with Crippen molar-refractivity contribution in [2.75, 3.05) is 13.1 Å². The third-order valence-electron chi connectivity index (χ3n) is 4.94. The Morgan fingerprint density at radius 3 is 2.29 bits per heavy atom. The summed E-state index contributed by atoms with van der Waals surface area (Å²) in [5.41, 5.74) is 4.93. The lowest BCUT2D eigenvalue weighted by Crippen LogP contribution is -2.32. The van der Waals surface area contributed by atoms with Crippen LogP contribution in [-0.2, 0) is 6.54 Å². The Hall–Kier alpha value is -2.39. The molecule has 3 aromatic rings. The summed E-state index contributed by atoms with van der Waals surface area (Å²) in [5.74, 6) is 0.599. The van der Waals surface area contributed by atoms with Crippen molar-refractivity contribution in [3.63, 3.8) is 0 Å². The first kappa shape index (κ1) is 15.2. The largest absolute Gasteiger partial charge is 0.299 e. The number of hydrogen-bond donors (Lipinski definition) is 1. The number of aromatic nitrogens is 2. The van der Waals surface area contributed by atoms with Crippen molar-refractivity contribution in [2.45, 2.75) is 25.3 Å². The van der Waals surface area contributed by atoms with Crippen LogP contribution < -0.4 is 0 Å². The molecule has 0 bridgehead atoms. The van der Waals surface area contributed by atoms with Gasteiger partial charge in [-0.25, -0.2) is 0 Å². The molecule has 3 heteroatoms. The molecule has 4 rings (SSSR count). The Morgan fingerprint density at radius 2 is 1.58 bits per heavy atom. The van der Waals surface area contributed by atoms with Crippen LogP contribution in [0.4, 0.5) is 0 Å². The Balaban J connectivity index is 1.37. The van der Waals surface area contributed by atoms with E-state index in [1.54, 1.807) is 0 Å². The second-order valence-corrected chi connectivity index (χ2v) is 6.61. The van der Waals surface area contributed by atoms with Gasteiger partial charge >= 0.3 is 0 Å². The van der Waals surface area contributed by atoms with Gasteiger partial charge in [0.2, 0.25) is 0 Å². The lowest BCUT2D eigenvalue weighted by atomic mass is 9.93. The third kappa shape index (κ3) is 3.41. The quantitative estimate of drug-likeness (QED) is 0.770. The third-order valence-corrected chi connectivity index (χ3v) is 4.94. The highest BCUT2D eigenvalue weighted by atomic mass is 15.1. The van der Waals surface area contributed by atoms with E-state index in [-0.39, 0.29) is 0 Å². The summed E-state index contributed by atoms with van der Waals surface area (Å²) in [6.45, 7) is 3.37. The first-order valence-electron chi connectivity index (χ1n) is 8.75. The second-order valence-electron chi connectivity index (χ2n) is 6.61. The number of likely N-dealkylation sites (tertiary alicyclic amines) is 1. The predicted molar refractivity (Wildman–Crippen MR) is 97.7 cm³/mol. The van der Waals surface area contributed by atoms with E-state index in [0.717, 1.165) is 25.3 Å². The maximum atomic E-state index is 4.51. The van der Waals surface area contributed by atoms with E-state index >= 15 is 0 Å². The van der Waals surface area contributed by atoms with Gasteiger partial charge in [-0.05, 0) is 37.6 Å². The summed E-state index contributed by atoms with van der Waals surface area (Å²) < 4.78 is 0. The zero-order chi connectivity index (χ0) is 16.2. The van der Waals surface area contributed by atoms with Crippen LogP contribution in [0.2, 0.25) is 0 Å². The Labute approximate surface area is 143 Å². The maximum absolute atomic E-state index is 4.51. The van der Waals surface area contributed by atoms with Crippen LogP contribution in [0.1, 0.15) is 30.0 Å². The van der Waals surface area contributed by atoms with Crippen molar-refractivity contribution < 1.29 is 0 Å². The molecule has 122 valence electrons. The van der Waals surface area contributed by atoms with Crippen LogP contribution in [0, 0.1) is 0 Å². The minimum absolute atomic E-state index is 0.599. The summed E-state index contributed by atoms with van der Waals surface area (Å²) in [6.07, 6.45) is 2.40. The van der Waals surface area contributed by atoms with Crippen molar-refractivity contribution >= 4 is 0 Å². The maximum Gasteiger partial charge on any atom is 0.0923 e. The highest BCUT2D eigenvalue weighted by Crippen LogP contribution is 2.29. The van der Waals surface area contributed by atoms with Gasteiger partial charge in [-0.15, -0.1) is 0 Å². The zero-order valence-electron chi connectivity index (χ0n) is 13.9. The fraction of sp³-hybridized carbons (Fsp3) is 0.286. The molecule has 0 amide bonds. The van der Waals surface area contributed by atoms with Crippen LogP contribution >= 0.6 is 0 Å². The molecule has 2 heterocycles. The average Bonchev–Trinajstić information content (AvgIpc) is 3.14. The lowest BCUT2D eigenvalue weighted by molar-refractivity contribution is 0.203. The monoisotopic (exact) mass is 317 g/mol. The Kier molecular flexibility index (Phi) is 4.43. The highest BCUT2D eigenvalue weighted by Gasteiger charge is 2.22. The molecule has 1 fully saturated rings. The van der Waals surface area contributed by atoms with E-state index < -0.39 is 0 Å². The standard InChI is InChI=1S/C21H23N3/c1-3-7-17(8-4-1)16-24-13-11-19(12-14-24)21-15-20(22-23-21)18-9-5-2-6-10-18/h1-10,15,19H,11-14,16H2,(H,22,23). The van der Waals surface area contributed by atoms with Gasteiger partial charge in [-0.3, -0.25) is 10.00 Å². The van der Waals surface area contributed by atoms with E-state index in [2.05, 4.69) is 75.8 Å². The molecule has 1 aliphatic heterocycles. The number of rotatable bonds is 4. The normalized spacial score (nSPS) is 16.3. The number of aromatic amines is 1. The van der Waals surface area contributed by atoms with Gasteiger partial charge in [0, 0.05) is 23.7 Å². The van der Waals surface area contributed by atoms with Crippen molar-refractivity contribution in [1.29, 1.82) is 0 Å². The van der Waals surface area contributed by atoms with Crippen molar-refractivity contribution in [3.8, 4) is 11.3 Å². The Morgan fingerprint density at radius 1 is 0.917 bits per heavy atom. The highest BCUT2D eigenvalue weighted by molar-refractivity contribution is 5.59. The van der Waals surface area contributed by atoms with Gasteiger partial charge in [0.05, 0.1) is 5.69 Å². The van der Waals surface area contributed by atoms with Gasteiger partial charge in [-0.2, -0.15) is 5.10 Å². The molecule has 0 atom stereocenters. The lowest BCUT2D eigenvalue weighted by Gasteiger charge is -2.31. The average molecular weight is 317 g/mol. The fourth-order valence-corrected chi connectivity index (χ4v) is 3.55. The summed E-state index contributed by atoms with van der Waals surface area (Å²) in [5, 5.41) is 7.78. The number of H-pyrrole nitrogens is 1. The summed E-state index contributed by atoms with van der Waals surface area (Å²) >= 11 is 0. The van der Waals surface area contributed by atoms with E-state index in [1.165, 1.54) is 29.7 Å². The fourth-order valence-electron chi connectivity index (χ4n) is 3.55. The van der Waals surface area contributed by atoms with Gasteiger partial charge in [0.15, 0.2) is 0 Å². The molecular formula is C21H23N3. The number of hydrogen-bond acceptors (Lipinski definition) is 2. The number of nitrogens with one attached hydrogen (secondary N) is 1. The van der Waals surface area contributed by atoms with Gasteiger partial charge in [0.1, 0.15) is 0 Å². The van der Waals surface area contributed by atoms with E-state index in [4.69, 9.17) is 0 Å². The van der Waals surface area contributed by atoms with E-state index in [9.17, 15) is 0 Å². The van der Waals surface area contributed by atoms with Gasteiger partial charge in [-0.1, -0.05) is 60.7 Å². The van der Waals surface area contributed by atoms with Crippen LogP contribution in [0.5, 0.6) is 0 Å². The smallest absolute Gasteiger partial charge is 0.0923 e. The van der Waals surface area contributed by atoms with E-state index in [1.807, 2.05) is 6.07 Å². The predicted octanol–water partition coefficient (Wildman–Crippen LogP) is 4.46. The molecule has 3 nitrogen and oxygen atoms in total. The molecule has 1 aliphatic rings. The van der Waals surface area contributed by atoms with Crippen LogP contribution in [0.3, 0.4) is 0 Å². The number of piperidine rings is 1. The minimum Gasteiger partial charge on any atom is -0.299 e. The van der Waals surface area contributed by atoms with Crippen molar-refractivity contribution in [2.24, 2.45) is 0 Å². The first-order chi connectivity index (χ1) is 11.9. The summed E-state index contributed by atoms with van der Waals surface area (Å²) in [6, 6.07) is 23.4. The number of benzene rings is 2. The minimum atomic E-state index is 0.599. The Bertz CT molecular complexity index is 756. The molecule has 1 N–H and O–H groups in total. The second kappa shape index (κ2) is 7.02. The topological polar surface area (TPSA) is 31.9 Å². The van der Waals surface area contributed by atoms with Gasteiger partial charge in [0.25, 0.3) is 0 Å². The van der Waals surface area contributed by atoms with Crippen LogP contribution in [-0.4, -0.2) is 28.2 Å². The van der Waals surface area contributed by atoms with Crippen molar-refractivity contribution in [3.05, 3.63) is 78.0 Å². The van der Waals surface area contributed by atoms with Crippen molar-refractivity contribution in [1.82, 2.24) is 15.1 Å². The molecule has 1 aromatic heterocycles. The van der Waals surface area contributed by atoms with E-state index in [0.29, 0.717) is 5.92 Å².